The largest absolute Gasteiger partial charge is 0.482 e. The van der Waals surface area contributed by atoms with Crippen molar-refractivity contribution in [2.45, 2.75) is 51.2 Å². The van der Waals surface area contributed by atoms with Crippen LogP contribution in [-0.2, 0) is 11.3 Å². The molecule has 1 N–H and O–H groups in total. The molecule has 0 aromatic carbocycles. The highest BCUT2D eigenvalue weighted by molar-refractivity contribution is 5.78. The number of aromatic nitrogens is 1. The number of rotatable bonds is 8. The van der Waals surface area contributed by atoms with Crippen LogP contribution >= 0.6 is 0 Å². The minimum atomic E-state index is 0.0690. The minimum absolute atomic E-state index is 0.0690. The van der Waals surface area contributed by atoms with Gasteiger partial charge in [-0.3, -0.25) is 9.78 Å². The van der Waals surface area contributed by atoms with E-state index in [0.29, 0.717) is 17.8 Å². The zero-order valence-corrected chi connectivity index (χ0v) is 12.5. The molecule has 5 nitrogen and oxygen atoms in total. The smallest absolute Gasteiger partial charge is 0.260 e. The lowest BCUT2D eigenvalue weighted by Gasteiger charge is -2.20. The van der Waals surface area contributed by atoms with Crippen LogP contribution in [0.2, 0.25) is 0 Å². The number of likely N-dealkylation sites (N-methyl/N-ethyl adjacent to an activating group) is 1. The summed E-state index contributed by atoms with van der Waals surface area (Å²) in [5.41, 5.74) is 1.01. The average molecular weight is 289 g/mol. The summed E-state index contributed by atoms with van der Waals surface area (Å²) in [6.07, 6.45) is 6.51. The zero-order chi connectivity index (χ0) is 14.7. The molecular weight excluding hydrogens is 266 g/mol. The van der Waals surface area contributed by atoms with E-state index < -0.39 is 0 Å². The number of nitrogens with one attached hydrogen (secondary N) is 1. The first-order valence-corrected chi connectivity index (χ1v) is 7.87. The summed E-state index contributed by atoms with van der Waals surface area (Å²) in [4.78, 5) is 18.3. The first-order chi connectivity index (χ1) is 10.3. The first-order valence-electron chi connectivity index (χ1n) is 7.87. The number of pyridine rings is 1. The lowest BCUT2D eigenvalue weighted by Crippen LogP contribution is -2.36. The van der Waals surface area contributed by atoms with Crippen LogP contribution in [0.25, 0.3) is 0 Å². The van der Waals surface area contributed by atoms with E-state index in [9.17, 15) is 4.79 Å². The predicted molar refractivity (Wildman–Crippen MR) is 80.0 cm³/mol. The minimum Gasteiger partial charge on any atom is -0.482 e. The number of nitrogens with zero attached hydrogens (tertiary/aromatic N) is 2. The number of amides is 1. The molecule has 0 unspecified atom stereocenters. The third-order valence-electron chi connectivity index (χ3n) is 3.96. The van der Waals surface area contributed by atoms with Gasteiger partial charge in [0.2, 0.25) is 0 Å². The molecule has 1 aromatic rings. The van der Waals surface area contributed by atoms with E-state index in [2.05, 4.69) is 10.3 Å². The maximum Gasteiger partial charge on any atom is 0.260 e. The maximum atomic E-state index is 12.1. The van der Waals surface area contributed by atoms with Crippen LogP contribution in [0.5, 0.6) is 5.75 Å². The van der Waals surface area contributed by atoms with Gasteiger partial charge in [0.15, 0.2) is 6.61 Å². The monoisotopic (exact) mass is 289 g/mol. The summed E-state index contributed by atoms with van der Waals surface area (Å²) < 4.78 is 5.55. The second kappa shape index (κ2) is 6.43. The van der Waals surface area contributed by atoms with Crippen LogP contribution in [-0.4, -0.2) is 41.0 Å². The van der Waals surface area contributed by atoms with E-state index in [-0.39, 0.29) is 12.5 Å². The van der Waals surface area contributed by atoms with Gasteiger partial charge in [-0.1, -0.05) is 0 Å². The molecule has 1 aromatic heterocycles. The molecule has 3 rings (SSSR count). The Kier molecular flexibility index (Phi) is 4.39. The van der Waals surface area contributed by atoms with Crippen LogP contribution in [0.4, 0.5) is 0 Å². The van der Waals surface area contributed by atoms with Crippen molar-refractivity contribution < 1.29 is 9.53 Å². The van der Waals surface area contributed by atoms with Gasteiger partial charge in [0.1, 0.15) is 5.75 Å². The summed E-state index contributed by atoms with van der Waals surface area (Å²) in [7, 11) is 0. The molecule has 5 heteroatoms. The first kappa shape index (κ1) is 14.3. The van der Waals surface area contributed by atoms with Gasteiger partial charge in [-0.15, -0.1) is 0 Å². The van der Waals surface area contributed by atoms with Gasteiger partial charge in [0.05, 0.1) is 11.9 Å². The second-order valence-corrected chi connectivity index (χ2v) is 5.84. The van der Waals surface area contributed by atoms with Crippen molar-refractivity contribution in [2.75, 3.05) is 13.2 Å². The van der Waals surface area contributed by atoms with E-state index in [1.165, 1.54) is 12.8 Å². The van der Waals surface area contributed by atoms with Crippen LogP contribution in [0, 0.1) is 0 Å². The Morgan fingerprint density at radius 1 is 1.38 bits per heavy atom. The molecule has 0 aliphatic heterocycles. The molecule has 0 saturated heterocycles. The molecule has 0 bridgehead atoms. The molecule has 21 heavy (non-hydrogen) atoms. The van der Waals surface area contributed by atoms with Crippen molar-refractivity contribution in [3.05, 3.63) is 24.0 Å². The fourth-order valence-electron chi connectivity index (χ4n) is 2.39. The SMILES string of the molecule is CCN(C(=O)COc1ccc(CNC2CC2)nc1)C1CC1. The Morgan fingerprint density at radius 2 is 2.19 bits per heavy atom. The number of ether oxygens (including phenoxy) is 1. The van der Waals surface area contributed by atoms with Gasteiger partial charge in [0, 0.05) is 25.2 Å². The molecule has 0 spiro atoms. The van der Waals surface area contributed by atoms with Crippen LogP contribution < -0.4 is 10.1 Å². The molecule has 2 aliphatic carbocycles. The van der Waals surface area contributed by atoms with Gasteiger partial charge in [-0.05, 0) is 44.7 Å². The second-order valence-electron chi connectivity index (χ2n) is 5.84. The fourth-order valence-corrected chi connectivity index (χ4v) is 2.39. The van der Waals surface area contributed by atoms with E-state index in [1.54, 1.807) is 6.20 Å². The Balaban J connectivity index is 1.44. The molecule has 1 heterocycles. The van der Waals surface area contributed by atoms with Crippen molar-refractivity contribution in [3.8, 4) is 5.75 Å². The highest BCUT2D eigenvalue weighted by atomic mass is 16.5. The predicted octanol–water partition coefficient (Wildman–Crippen LogP) is 1.72. The van der Waals surface area contributed by atoms with Gasteiger partial charge in [0.25, 0.3) is 5.91 Å². The molecule has 2 aliphatic rings. The topological polar surface area (TPSA) is 54.5 Å². The summed E-state index contributed by atoms with van der Waals surface area (Å²) in [6, 6.07) is 4.97. The van der Waals surface area contributed by atoms with Crippen molar-refractivity contribution in [2.24, 2.45) is 0 Å². The Hall–Kier alpha value is -1.62. The lowest BCUT2D eigenvalue weighted by atomic mass is 10.3. The van der Waals surface area contributed by atoms with Crippen LogP contribution in [0.3, 0.4) is 0 Å². The number of hydrogen-bond donors (Lipinski definition) is 1. The number of carbonyl (C=O) groups is 1. The van der Waals surface area contributed by atoms with E-state index in [1.807, 2.05) is 24.0 Å². The molecule has 2 saturated carbocycles. The number of hydrogen-bond acceptors (Lipinski definition) is 4. The third-order valence-corrected chi connectivity index (χ3v) is 3.96. The third kappa shape index (κ3) is 4.17. The van der Waals surface area contributed by atoms with Crippen molar-refractivity contribution in [3.63, 3.8) is 0 Å². The highest BCUT2D eigenvalue weighted by Gasteiger charge is 2.31. The van der Waals surface area contributed by atoms with Gasteiger partial charge >= 0.3 is 0 Å². The fraction of sp³-hybridized carbons (Fsp3) is 0.625. The molecule has 0 radical (unpaired) electrons. The van der Waals surface area contributed by atoms with Gasteiger partial charge < -0.3 is 15.0 Å². The van der Waals surface area contributed by atoms with Crippen molar-refractivity contribution in [1.29, 1.82) is 0 Å². The number of carbonyl (C=O) groups excluding carboxylic acids is 1. The maximum absolute atomic E-state index is 12.1. The van der Waals surface area contributed by atoms with E-state index >= 15 is 0 Å². The average Bonchev–Trinajstić information content (AvgIpc) is 3.38. The van der Waals surface area contributed by atoms with Crippen molar-refractivity contribution in [1.82, 2.24) is 15.2 Å². The van der Waals surface area contributed by atoms with Gasteiger partial charge in [-0.25, -0.2) is 0 Å². The standard InChI is InChI=1S/C16H23N3O2/c1-2-19(14-6-7-14)16(20)11-21-15-8-5-13(18-10-15)9-17-12-3-4-12/h5,8,10,12,14,17H,2-4,6-7,9,11H2,1H3. The Morgan fingerprint density at radius 3 is 2.76 bits per heavy atom. The Labute approximate surface area is 125 Å². The quantitative estimate of drug-likeness (QED) is 0.792. The molecule has 2 fully saturated rings. The normalized spacial score (nSPS) is 17.6. The molecule has 0 atom stereocenters. The van der Waals surface area contributed by atoms with Crippen LogP contribution in [0.15, 0.2) is 18.3 Å². The van der Waals surface area contributed by atoms with E-state index in [0.717, 1.165) is 31.6 Å². The van der Waals surface area contributed by atoms with Crippen LogP contribution in [0.1, 0.15) is 38.3 Å². The molecule has 114 valence electrons. The Bertz CT molecular complexity index is 481. The van der Waals surface area contributed by atoms with Gasteiger partial charge in [-0.2, -0.15) is 0 Å². The lowest BCUT2D eigenvalue weighted by molar-refractivity contribution is -0.133. The zero-order valence-electron chi connectivity index (χ0n) is 12.5. The highest BCUT2D eigenvalue weighted by Crippen LogP contribution is 2.26. The van der Waals surface area contributed by atoms with Crippen molar-refractivity contribution >= 4 is 5.91 Å². The summed E-state index contributed by atoms with van der Waals surface area (Å²) in [5, 5.41) is 3.42. The summed E-state index contributed by atoms with van der Waals surface area (Å²) >= 11 is 0. The van der Waals surface area contributed by atoms with E-state index in [4.69, 9.17) is 4.74 Å². The summed E-state index contributed by atoms with van der Waals surface area (Å²) in [6.45, 7) is 3.68. The summed E-state index contributed by atoms with van der Waals surface area (Å²) in [5.74, 6) is 0.727. The molecular formula is C16H23N3O2. The molecule has 1 amide bonds.